The Morgan fingerprint density at radius 2 is 1.91 bits per heavy atom. The van der Waals surface area contributed by atoms with E-state index < -0.39 is 11.9 Å². The number of hydrogen-bond acceptors (Lipinski definition) is 5. The Labute approximate surface area is 129 Å². The van der Waals surface area contributed by atoms with Crippen LogP contribution in [-0.2, 0) is 14.3 Å². The minimum atomic E-state index is -0.488. The molecule has 2 N–H and O–H groups in total. The van der Waals surface area contributed by atoms with E-state index in [1.165, 1.54) is 13.2 Å². The second-order valence-corrected chi connectivity index (χ2v) is 4.95. The fraction of sp³-hybridized carbons (Fsp3) is 0.400. The quantitative estimate of drug-likeness (QED) is 0.565. The molecule has 7 heteroatoms. The maximum absolute atomic E-state index is 11.8. The predicted molar refractivity (Wildman–Crippen MR) is 82.6 cm³/mol. The average Bonchev–Trinajstić information content (AvgIpc) is 2.46. The van der Waals surface area contributed by atoms with Gasteiger partial charge in [-0.05, 0) is 32.3 Å². The van der Waals surface area contributed by atoms with Crippen LogP contribution in [0.5, 0.6) is 0 Å². The first-order valence-corrected chi connectivity index (χ1v) is 6.82. The van der Waals surface area contributed by atoms with Gasteiger partial charge in [0, 0.05) is 18.8 Å². The Balaban J connectivity index is 2.48. The molecule has 0 aliphatic carbocycles. The van der Waals surface area contributed by atoms with E-state index in [2.05, 4.69) is 15.4 Å². The van der Waals surface area contributed by atoms with Crippen molar-refractivity contribution in [3.05, 3.63) is 29.8 Å². The van der Waals surface area contributed by atoms with Crippen molar-refractivity contribution in [2.24, 2.45) is 0 Å². The normalized spacial score (nSPS) is 10.2. The zero-order valence-corrected chi connectivity index (χ0v) is 13.0. The van der Waals surface area contributed by atoms with Crippen LogP contribution in [0.1, 0.15) is 16.8 Å². The Morgan fingerprint density at radius 1 is 1.18 bits per heavy atom. The van der Waals surface area contributed by atoms with E-state index in [1.54, 1.807) is 18.2 Å². The number of benzene rings is 1. The lowest BCUT2D eigenvalue weighted by atomic mass is 10.2. The number of rotatable bonds is 7. The number of nitrogens with zero attached hydrogens (tertiary/aromatic N) is 1. The number of nitrogens with one attached hydrogen (secondary N) is 2. The van der Waals surface area contributed by atoms with Crippen LogP contribution in [0.15, 0.2) is 24.3 Å². The van der Waals surface area contributed by atoms with Gasteiger partial charge in [-0.25, -0.2) is 4.79 Å². The summed E-state index contributed by atoms with van der Waals surface area (Å²) in [6.07, 6.45) is -0.268. The van der Waals surface area contributed by atoms with Crippen molar-refractivity contribution in [3.8, 4) is 0 Å². The van der Waals surface area contributed by atoms with Crippen LogP contribution in [0.3, 0.4) is 0 Å². The molecule has 0 spiro atoms. The number of ether oxygens (including phenoxy) is 1. The summed E-state index contributed by atoms with van der Waals surface area (Å²) in [5, 5.41) is 5.23. The fourth-order valence-corrected chi connectivity index (χ4v) is 1.67. The number of esters is 1. The molecular formula is C15H21N3O4. The Hall–Kier alpha value is -2.41. The number of carbonyl (C=O) groups excluding carboxylic acids is 3. The van der Waals surface area contributed by atoms with Crippen molar-refractivity contribution in [1.29, 1.82) is 0 Å². The zero-order valence-electron chi connectivity index (χ0n) is 13.0. The number of likely N-dealkylation sites (N-methyl/N-ethyl adjacent to an activating group) is 1. The van der Waals surface area contributed by atoms with Crippen LogP contribution < -0.4 is 10.6 Å². The molecule has 0 aliphatic rings. The highest BCUT2D eigenvalue weighted by Crippen LogP contribution is 2.11. The van der Waals surface area contributed by atoms with Crippen LogP contribution in [0.25, 0.3) is 0 Å². The van der Waals surface area contributed by atoms with Crippen molar-refractivity contribution in [2.75, 3.05) is 39.6 Å². The number of amides is 2. The van der Waals surface area contributed by atoms with Gasteiger partial charge in [0.1, 0.15) is 6.42 Å². The molecule has 120 valence electrons. The maximum Gasteiger partial charge on any atom is 0.337 e. The van der Waals surface area contributed by atoms with Crippen LogP contribution in [0.2, 0.25) is 0 Å². The summed E-state index contributed by atoms with van der Waals surface area (Å²) >= 11 is 0. The topological polar surface area (TPSA) is 87.7 Å². The second kappa shape index (κ2) is 8.78. The SMILES string of the molecule is COC(=O)c1cccc(NC(=O)CC(=O)NCCN(C)C)c1. The van der Waals surface area contributed by atoms with Gasteiger partial charge in [-0.3, -0.25) is 9.59 Å². The summed E-state index contributed by atoms with van der Waals surface area (Å²) in [6.45, 7) is 1.19. The third-order valence-electron chi connectivity index (χ3n) is 2.77. The minimum absolute atomic E-state index is 0.268. The van der Waals surface area contributed by atoms with Gasteiger partial charge >= 0.3 is 5.97 Å². The van der Waals surface area contributed by atoms with Gasteiger partial charge in [0.25, 0.3) is 0 Å². The molecule has 0 aromatic heterocycles. The lowest BCUT2D eigenvalue weighted by molar-refractivity contribution is -0.126. The molecule has 1 aromatic carbocycles. The molecule has 0 bridgehead atoms. The number of carbonyl (C=O) groups is 3. The fourth-order valence-electron chi connectivity index (χ4n) is 1.67. The van der Waals surface area contributed by atoms with Crippen LogP contribution in [-0.4, -0.2) is 57.0 Å². The third-order valence-corrected chi connectivity index (χ3v) is 2.77. The van der Waals surface area contributed by atoms with Gasteiger partial charge in [0.2, 0.25) is 11.8 Å². The second-order valence-electron chi connectivity index (χ2n) is 4.95. The molecule has 0 unspecified atom stereocenters. The summed E-state index contributed by atoms with van der Waals surface area (Å²) in [4.78, 5) is 36.7. The van der Waals surface area contributed by atoms with E-state index >= 15 is 0 Å². The summed E-state index contributed by atoms with van der Waals surface area (Å²) in [6, 6.07) is 6.33. The largest absolute Gasteiger partial charge is 0.465 e. The van der Waals surface area contributed by atoms with E-state index in [9.17, 15) is 14.4 Å². The van der Waals surface area contributed by atoms with Gasteiger partial charge in [-0.1, -0.05) is 6.07 Å². The monoisotopic (exact) mass is 307 g/mol. The van der Waals surface area contributed by atoms with Crippen molar-refractivity contribution in [1.82, 2.24) is 10.2 Å². The number of methoxy groups -OCH3 is 1. The first-order chi connectivity index (χ1) is 10.4. The maximum atomic E-state index is 11.8. The molecule has 2 amide bonds. The highest BCUT2D eigenvalue weighted by atomic mass is 16.5. The standard InChI is InChI=1S/C15H21N3O4/c1-18(2)8-7-16-13(19)10-14(20)17-12-6-4-5-11(9-12)15(21)22-3/h4-6,9H,7-8,10H2,1-3H3,(H,16,19)(H,17,20). The Bertz CT molecular complexity index is 543. The summed E-state index contributed by atoms with van der Waals surface area (Å²) in [5.41, 5.74) is 0.768. The lowest BCUT2D eigenvalue weighted by Crippen LogP contribution is -2.33. The summed E-state index contributed by atoms with van der Waals surface area (Å²) < 4.78 is 4.60. The number of anilines is 1. The first-order valence-electron chi connectivity index (χ1n) is 6.82. The van der Waals surface area contributed by atoms with Crippen molar-refractivity contribution in [3.63, 3.8) is 0 Å². The van der Waals surface area contributed by atoms with E-state index in [0.29, 0.717) is 24.3 Å². The van der Waals surface area contributed by atoms with Crippen molar-refractivity contribution < 1.29 is 19.1 Å². The van der Waals surface area contributed by atoms with Gasteiger partial charge in [-0.2, -0.15) is 0 Å². The highest BCUT2D eigenvalue weighted by molar-refractivity contribution is 6.04. The molecule has 0 radical (unpaired) electrons. The smallest absolute Gasteiger partial charge is 0.337 e. The molecule has 0 atom stereocenters. The summed E-state index contributed by atoms with van der Waals surface area (Å²) in [5.74, 6) is -1.27. The molecule has 0 fully saturated rings. The summed E-state index contributed by atoms with van der Waals surface area (Å²) in [7, 11) is 5.08. The van der Waals surface area contributed by atoms with Gasteiger partial charge < -0.3 is 20.3 Å². The molecule has 0 heterocycles. The van der Waals surface area contributed by atoms with E-state index in [0.717, 1.165) is 0 Å². The van der Waals surface area contributed by atoms with Crippen LogP contribution in [0.4, 0.5) is 5.69 Å². The first kappa shape index (κ1) is 17.6. The lowest BCUT2D eigenvalue weighted by Gasteiger charge is -2.10. The molecule has 0 aliphatic heterocycles. The van der Waals surface area contributed by atoms with Crippen LogP contribution >= 0.6 is 0 Å². The van der Waals surface area contributed by atoms with Gasteiger partial charge in [-0.15, -0.1) is 0 Å². The van der Waals surface area contributed by atoms with Gasteiger partial charge in [0.15, 0.2) is 0 Å². The minimum Gasteiger partial charge on any atom is -0.465 e. The van der Waals surface area contributed by atoms with E-state index in [-0.39, 0.29) is 12.3 Å². The highest BCUT2D eigenvalue weighted by Gasteiger charge is 2.11. The van der Waals surface area contributed by atoms with E-state index in [1.807, 2.05) is 19.0 Å². The molecule has 1 aromatic rings. The molecular weight excluding hydrogens is 286 g/mol. The molecule has 7 nitrogen and oxygen atoms in total. The zero-order chi connectivity index (χ0) is 16.5. The molecule has 0 saturated heterocycles. The van der Waals surface area contributed by atoms with Crippen molar-refractivity contribution in [2.45, 2.75) is 6.42 Å². The Kier molecular flexibility index (Phi) is 7.04. The Morgan fingerprint density at radius 3 is 2.55 bits per heavy atom. The molecule has 0 saturated carbocycles. The van der Waals surface area contributed by atoms with Crippen molar-refractivity contribution >= 4 is 23.5 Å². The number of hydrogen-bond donors (Lipinski definition) is 2. The molecule has 1 rings (SSSR count). The third kappa shape index (κ3) is 6.36. The van der Waals surface area contributed by atoms with Gasteiger partial charge in [0.05, 0.1) is 12.7 Å². The average molecular weight is 307 g/mol. The van der Waals surface area contributed by atoms with Crippen LogP contribution in [0, 0.1) is 0 Å². The van der Waals surface area contributed by atoms with E-state index in [4.69, 9.17) is 0 Å². The molecule has 22 heavy (non-hydrogen) atoms. The predicted octanol–water partition coefficient (Wildman–Crippen LogP) is 0.480.